The van der Waals surface area contributed by atoms with Crippen LogP contribution in [-0.4, -0.2) is 36.8 Å². The van der Waals surface area contributed by atoms with Crippen LogP contribution < -0.4 is 10.6 Å². The van der Waals surface area contributed by atoms with Gasteiger partial charge in [-0.3, -0.25) is 4.99 Å². The zero-order valence-corrected chi connectivity index (χ0v) is 13.1. The predicted octanol–water partition coefficient (Wildman–Crippen LogP) is 1.50. The Morgan fingerprint density at radius 3 is 2.80 bits per heavy atom. The first-order valence-corrected chi connectivity index (χ1v) is 7.09. The summed E-state index contributed by atoms with van der Waals surface area (Å²) in [5.74, 6) is 0.846. The van der Waals surface area contributed by atoms with Gasteiger partial charge in [0.15, 0.2) is 5.96 Å². The van der Waals surface area contributed by atoms with Crippen molar-refractivity contribution in [2.45, 2.75) is 39.0 Å². The number of nitrogens with zero attached hydrogens (tertiary/aromatic N) is 2. The first-order valence-electron chi connectivity index (χ1n) is 7.09. The summed E-state index contributed by atoms with van der Waals surface area (Å²) in [6, 6.07) is 4.55. The highest BCUT2D eigenvalue weighted by atomic mass is 16.5. The average Bonchev–Trinajstić information content (AvgIpc) is 2.83. The van der Waals surface area contributed by atoms with E-state index in [0.717, 1.165) is 18.9 Å². The van der Waals surface area contributed by atoms with Gasteiger partial charge in [0.25, 0.3) is 0 Å². The maximum absolute atomic E-state index is 5.48. The molecule has 0 radical (unpaired) electrons. The van der Waals surface area contributed by atoms with Crippen LogP contribution in [0.1, 0.15) is 26.0 Å². The average molecular weight is 278 g/mol. The third-order valence-electron chi connectivity index (χ3n) is 4.49. The molecule has 20 heavy (non-hydrogen) atoms. The van der Waals surface area contributed by atoms with Crippen LogP contribution in [0.25, 0.3) is 0 Å². The van der Waals surface area contributed by atoms with Crippen LogP contribution in [-0.2, 0) is 18.3 Å². The molecule has 1 fully saturated rings. The zero-order valence-electron chi connectivity index (χ0n) is 13.1. The largest absolute Gasteiger partial charge is 0.381 e. The van der Waals surface area contributed by atoms with Crippen molar-refractivity contribution in [2.24, 2.45) is 17.5 Å². The molecule has 1 saturated carbocycles. The molecule has 1 aliphatic rings. The Hall–Kier alpha value is -1.49. The van der Waals surface area contributed by atoms with Crippen LogP contribution in [0.2, 0.25) is 0 Å². The van der Waals surface area contributed by atoms with E-state index >= 15 is 0 Å². The number of aliphatic imine (C=N–C) groups is 1. The van der Waals surface area contributed by atoms with Crippen molar-refractivity contribution >= 4 is 5.96 Å². The van der Waals surface area contributed by atoms with Crippen molar-refractivity contribution in [1.29, 1.82) is 0 Å². The lowest BCUT2D eigenvalue weighted by molar-refractivity contribution is -0.0922. The molecule has 1 aliphatic carbocycles. The highest BCUT2D eigenvalue weighted by molar-refractivity contribution is 5.80. The maximum atomic E-state index is 5.48. The predicted molar refractivity (Wildman–Crippen MR) is 81.7 cm³/mol. The molecule has 0 bridgehead atoms. The Morgan fingerprint density at radius 2 is 2.30 bits per heavy atom. The highest BCUT2D eigenvalue weighted by Crippen LogP contribution is 2.42. The summed E-state index contributed by atoms with van der Waals surface area (Å²) in [6.45, 7) is 5.23. The topological polar surface area (TPSA) is 50.6 Å². The lowest BCUT2D eigenvalue weighted by Crippen LogP contribution is -2.63. The second kappa shape index (κ2) is 5.87. The minimum Gasteiger partial charge on any atom is -0.381 e. The van der Waals surface area contributed by atoms with Crippen LogP contribution in [0.15, 0.2) is 23.3 Å². The molecule has 0 spiro atoms. The van der Waals surface area contributed by atoms with Gasteiger partial charge in [-0.15, -0.1) is 0 Å². The van der Waals surface area contributed by atoms with E-state index in [0.29, 0.717) is 12.1 Å². The zero-order chi connectivity index (χ0) is 14.8. The summed E-state index contributed by atoms with van der Waals surface area (Å²) in [6.07, 6.45) is 3.39. The minimum absolute atomic E-state index is 0.136. The van der Waals surface area contributed by atoms with Gasteiger partial charge < -0.3 is 19.9 Å². The molecule has 1 heterocycles. The standard InChI is InChI=1S/C15H26N4O/c1-15(2)12(9-13(15)20-5)18-14(16-3)17-10-11-7-6-8-19(11)4/h6-8,12-13H,9-10H2,1-5H3,(H2,16,17,18). The van der Waals surface area contributed by atoms with Gasteiger partial charge in [0.2, 0.25) is 0 Å². The number of nitrogens with one attached hydrogen (secondary N) is 2. The van der Waals surface area contributed by atoms with Crippen molar-refractivity contribution in [3.63, 3.8) is 0 Å². The highest BCUT2D eigenvalue weighted by Gasteiger charge is 2.48. The lowest BCUT2D eigenvalue weighted by atomic mass is 9.64. The number of hydrogen-bond donors (Lipinski definition) is 2. The van der Waals surface area contributed by atoms with Crippen LogP contribution in [0.3, 0.4) is 0 Å². The van der Waals surface area contributed by atoms with Crippen LogP contribution >= 0.6 is 0 Å². The lowest BCUT2D eigenvalue weighted by Gasteiger charge is -2.51. The SMILES string of the molecule is CN=C(NCc1cccn1C)NC1CC(OC)C1(C)C. The quantitative estimate of drug-likeness (QED) is 0.648. The summed E-state index contributed by atoms with van der Waals surface area (Å²) < 4.78 is 7.58. The summed E-state index contributed by atoms with van der Waals surface area (Å²) in [5.41, 5.74) is 1.37. The monoisotopic (exact) mass is 278 g/mol. The second-order valence-corrected chi connectivity index (χ2v) is 6.01. The Balaban J connectivity index is 1.87. The van der Waals surface area contributed by atoms with E-state index in [1.54, 1.807) is 14.2 Å². The number of ether oxygens (including phenoxy) is 1. The van der Waals surface area contributed by atoms with E-state index in [9.17, 15) is 0 Å². The normalized spacial score (nSPS) is 25.1. The molecular weight excluding hydrogens is 252 g/mol. The van der Waals surface area contributed by atoms with Crippen molar-refractivity contribution in [1.82, 2.24) is 15.2 Å². The van der Waals surface area contributed by atoms with Gasteiger partial charge in [0.05, 0.1) is 12.6 Å². The fourth-order valence-electron chi connectivity index (χ4n) is 2.74. The Kier molecular flexibility index (Phi) is 4.38. The molecule has 5 nitrogen and oxygen atoms in total. The molecule has 112 valence electrons. The van der Waals surface area contributed by atoms with E-state index in [-0.39, 0.29) is 5.41 Å². The van der Waals surface area contributed by atoms with Gasteiger partial charge in [0, 0.05) is 44.6 Å². The molecule has 1 aromatic heterocycles. The summed E-state index contributed by atoms with van der Waals surface area (Å²) >= 11 is 0. The molecule has 2 rings (SSSR count). The number of hydrogen-bond acceptors (Lipinski definition) is 2. The Morgan fingerprint density at radius 1 is 1.55 bits per heavy atom. The van der Waals surface area contributed by atoms with Gasteiger partial charge in [-0.1, -0.05) is 13.8 Å². The van der Waals surface area contributed by atoms with Crippen molar-refractivity contribution in [3.8, 4) is 0 Å². The summed E-state index contributed by atoms with van der Waals surface area (Å²) in [4.78, 5) is 4.30. The molecule has 0 aliphatic heterocycles. The van der Waals surface area contributed by atoms with Crippen LogP contribution in [0, 0.1) is 5.41 Å². The van der Waals surface area contributed by atoms with E-state index < -0.39 is 0 Å². The third kappa shape index (κ3) is 2.82. The smallest absolute Gasteiger partial charge is 0.191 e. The summed E-state index contributed by atoms with van der Waals surface area (Å²) in [5, 5.41) is 6.85. The second-order valence-electron chi connectivity index (χ2n) is 6.01. The molecule has 0 saturated heterocycles. The molecule has 5 heteroatoms. The fraction of sp³-hybridized carbons (Fsp3) is 0.667. The third-order valence-corrected chi connectivity index (χ3v) is 4.49. The van der Waals surface area contributed by atoms with Gasteiger partial charge in [-0.05, 0) is 18.6 Å². The Labute approximate surface area is 121 Å². The van der Waals surface area contributed by atoms with Crippen molar-refractivity contribution in [3.05, 3.63) is 24.0 Å². The molecule has 1 aromatic rings. The van der Waals surface area contributed by atoms with Gasteiger partial charge in [-0.25, -0.2) is 0 Å². The first-order chi connectivity index (χ1) is 9.48. The molecular formula is C15H26N4O. The van der Waals surface area contributed by atoms with E-state index in [1.165, 1.54) is 5.69 Å². The maximum Gasteiger partial charge on any atom is 0.191 e. The molecule has 2 unspecified atom stereocenters. The molecule has 0 aromatic carbocycles. The van der Waals surface area contributed by atoms with Gasteiger partial charge >= 0.3 is 0 Å². The molecule has 2 N–H and O–H groups in total. The van der Waals surface area contributed by atoms with Crippen LogP contribution in [0.5, 0.6) is 0 Å². The minimum atomic E-state index is 0.136. The fourth-order valence-corrected chi connectivity index (χ4v) is 2.74. The molecule has 0 amide bonds. The summed E-state index contributed by atoms with van der Waals surface area (Å²) in [7, 11) is 5.64. The number of rotatable bonds is 4. The number of methoxy groups -OCH3 is 1. The number of guanidine groups is 1. The Bertz CT molecular complexity index is 478. The van der Waals surface area contributed by atoms with Crippen molar-refractivity contribution in [2.75, 3.05) is 14.2 Å². The van der Waals surface area contributed by atoms with Gasteiger partial charge in [0.1, 0.15) is 0 Å². The van der Waals surface area contributed by atoms with Gasteiger partial charge in [-0.2, -0.15) is 0 Å². The number of aromatic nitrogens is 1. The van der Waals surface area contributed by atoms with Crippen LogP contribution in [0.4, 0.5) is 0 Å². The van der Waals surface area contributed by atoms with E-state index in [2.05, 4.69) is 40.1 Å². The first kappa shape index (κ1) is 14.9. The van der Waals surface area contributed by atoms with E-state index in [4.69, 9.17) is 4.74 Å². The number of aryl methyl sites for hydroxylation is 1. The van der Waals surface area contributed by atoms with Crippen molar-refractivity contribution < 1.29 is 4.74 Å². The van der Waals surface area contributed by atoms with E-state index in [1.807, 2.05) is 19.3 Å². The molecule has 2 atom stereocenters.